The minimum atomic E-state index is -0.171. The van der Waals surface area contributed by atoms with E-state index in [0.717, 1.165) is 14.6 Å². The largest absolute Gasteiger partial charge is 0.329 e. The van der Waals surface area contributed by atoms with E-state index in [4.69, 9.17) is 0 Å². The molecule has 2 aromatic carbocycles. The number of aryl methyl sites for hydroxylation is 1. The summed E-state index contributed by atoms with van der Waals surface area (Å²) in [5.74, 6) is -0.0650. The van der Waals surface area contributed by atoms with Crippen molar-refractivity contribution >= 4 is 39.4 Å². The Morgan fingerprint density at radius 2 is 1.67 bits per heavy atom. The van der Waals surface area contributed by atoms with Crippen LogP contribution in [0.1, 0.15) is 10.4 Å². The molecule has 21 heavy (non-hydrogen) atoms. The molecular formula is C16H13IN2O2. The van der Waals surface area contributed by atoms with E-state index >= 15 is 0 Å². The molecule has 0 saturated heterocycles. The molecule has 106 valence electrons. The van der Waals surface area contributed by atoms with E-state index in [2.05, 4.69) is 22.6 Å². The molecule has 1 heterocycles. The van der Waals surface area contributed by atoms with Crippen LogP contribution in [0.4, 0.5) is 0 Å². The van der Waals surface area contributed by atoms with Gasteiger partial charge in [-0.2, -0.15) is 0 Å². The number of ketones is 1. The zero-order chi connectivity index (χ0) is 15.0. The Kier molecular flexibility index (Phi) is 3.67. The molecule has 3 aromatic rings. The lowest BCUT2D eigenvalue weighted by atomic mass is 10.1. The maximum atomic E-state index is 12.4. The molecule has 0 atom stereocenters. The Labute approximate surface area is 135 Å². The highest BCUT2D eigenvalue weighted by atomic mass is 127. The first-order chi connectivity index (χ1) is 10.1. The third-order valence-corrected chi connectivity index (χ3v) is 4.24. The predicted octanol–water partition coefficient (Wildman–Crippen LogP) is 2.83. The molecular weight excluding hydrogens is 379 g/mol. The summed E-state index contributed by atoms with van der Waals surface area (Å²) in [6.07, 6.45) is 0. The first-order valence-corrected chi connectivity index (χ1v) is 7.59. The molecule has 4 nitrogen and oxygen atoms in total. The van der Waals surface area contributed by atoms with Gasteiger partial charge in [0.2, 0.25) is 0 Å². The number of aromatic nitrogens is 2. The lowest BCUT2D eigenvalue weighted by molar-refractivity contribution is 0.0972. The Morgan fingerprint density at radius 3 is 2.33 bits per heavy atom. The lowest BCUT2D eigenvalue weighted by Crippen LogP contribution is -2.25. The number of hydrogen-bond donors (Lipinski definition) is 0. The second-order valence-electron chi connectivity index (χ2n) is 4.85. The Balaban J connectivity index is 2.02. The number of Topliss-reactive ketones (excluding diaryl/α,β-unsaturated/α-hetero) is 1. The first kappa shape index (κ1) is 14.1. The standard InChI is InChI=1S/C16H13IN2O2/c1-18-13-4-2-3-5-14(13)19(16(18)21)10-15(20)11-6-8-12(17)9-7-11/h2-9H,10H2,1H3. The number of halogens is 1. The number of para-hydroxylation sites is 2. The Bertz CT molecular complexity index is 875. The maximum absolute atomic E-state index is 12.4. The van der Waals surface area contributed by atoms with Crippen LogP contribution in [0.3, 0.4) is 0 Å². The number of fused-ring (bicyclic) bond motifs is 1. The zero-order valence-corrected chi connectivity index (χ0v) is 13.6. The fourth-order valence-electron chi connectivity index (χ4n) is 2.39. The smallest absolute Gasteiger partial charge is 0.295 e. The van der Waals surface area contributed by atoms with Crippen molar-refractivity contribution in [2.75, 3.05) is 0 Å². The van der Waals surface area contributed by atoms with Gasteiger partial charge in [0.05, 0.1) is 17.6 Å². The van der Waals surface area contributed by atoms with E-state index in [9.17, 15) is 9.59 Å². The van der Waals surface area contributed by atoms with Crippen molar-refractivity contribution in [3.63, 3.8) is 0 Å². The summed E-state index contributed by atoms with van der Waals surface area (Å²) in [6, 6.07) is 14.8. The molecule has 0 N–H and O–H groups in total. The number of carbonyl (C=O) groups excluding carboxylic acids is 1. The van der Waals surface area contributed by atoms with Crippen molar-refractivity contribution in [1.82, 2.24) is 9.13 Å². The molecule has 0 radical (unpaired) electrons. The number of carbonyl (C=O) groups is 1. The number of benzene rings is 2. The Morgan fingerprint density at radius 1 is 1.05 bits per heavy atom. The maximum Gasteiger partial charge on any atom is 0.329 e. The number of nitrogens with zero attached hydrogens (tertiary/aromatic N) is 2. The van der Waals surface area contributed by atoms with Crippen LogP contribution in [0.2, 0.25) is 0 Å². The predicted molar refractivity (Wildman–Crippen MR) is 90.7 cm³/mol. The van der Waals surface area contributed by atoms with E-state index in [1.807, 2.05) is 36.4 Å². The molecule has 0 aliphatic heterocycles. The average molecular weight is 392 g/mol. The molecule has 0 aliphatic carbocycles. The van der Waals surface area contributed by atoms with Crippen molar-refractivity contribution < 1.29 is 4.79 Å². The summed E-state index contributed by atoms with van der Waals surface area (Å²) < 4.78 is 4.16. The van der Waals surface area contributed by atoms with E-state index < -0.39 is 0 Å². The van der Waals surface area contributed by atoms with Crippen LogP contribution in [-0.4, -0.2) is 14.9 Å². The summed E-state index contributed by atoms with van der Waals surface area (Å²) in [5.41, 5.74) is 2.06. The molecule has 0 bridgehead atoms. The van der Waals surface area contributed by atoms with E-state index in [1.54, 1.807) is 23.7 Å². The molecule has 0 unspecified atom stereocenters. The molecule has 3 rings (SSSR count). The van der Waals surface area contributed by atoms with Crippen LogP contribution in [0.25, 0.3) is 11.0 Å². The highest BCUT2D eigenvalue weighted by Crippen LogP contribution is 2.13. The van der Waals surface area contributed by atoms with Crippen molar-refractivity contribution in [1.29, 1.82) is 0 Å². The van der Waals surface area contributed by atoms with Gasteiger partial charge in [0, 0.05) is 16.2 Å². The van der Waals surface area contributed by atoms with E-state index in [-0.39, 0.29) is 18.0 Å². The van der Waals surface area contributed by atoms with Crippen LogP contribution in [0, 0.1) is 3.57 Å². The highest BCUT2D eigenvalue weighted by Gasteiger charge is 2.14. The molecule has 0 spiro atoms. The summed E-state index contributed by atoms with van der Waals surface area (Å²) in [4.78, 5) is 24.6. The van der Waals surface area contributed by atoms with Crippen LogP contribution < -0.4 is 5.69 Å². The van der Waals surface area contributed by atoms with Gasteiger partial charge >= 0.3 is 5.69 Å². The quantitative estimate of drug-likeness (QED) is 0.508. The van der Waals surface area contributed by atoms with Gasteiger partial charge in [-0.15, -0.1) is 0 Å². The number of imidazole rings is 1. The third-order valence-electron chi connectivity index (χ3n) is 3.52. The van der Waals surface area contributed by atoms with Gasteiger partial charge in [-0.3, -0.25) is 13.9 Å². The number of hydrogen-bond acceptors (Lipinski definition) is 2. The van der Waals surface area contributed by atoms with Gasteiger partial charge < -0.3 is 0 Å². The minimum absolute atomic E-state index is 0.0563. The SMILES string of the molecule is Cn1c(=O)n(CC(=O)c2ccc(I)cc2)c2ccccc21. The first-order valence-electron chi connectivity index (χ1n) is 6.51. The lowest BCUT2D eigenvalue weighted by Gasteiger charge is -2.03. The monoisotopic (exact) mass is 392 g/mol. The van der Waals surface area contributed by atoms with Crippen molar-refractivity contribution in [2.24, 2.45) is 7.05 Å². The number of rotatable bonds is 3. The van der Waals surface area contributed by atoms with Crippen LogP contribution in [0.15, 0.2) is 53.3 Å². The molecule has 0 aliphatic rings. The van der Waals surface area contributed by atoms with Crippen molar-refractivity contribution in [3.05, 3.63) is 68.1 Å². The average Bonchev–Trinajstić information content (AvgIpc) is 2.73. The van der Waals surface area contributed by atoms with Crippen LogP contribution in [0.5, 0.6) is 0 Å². The van der Waals surface area contributed by atoms with E-state index in [0.29, 0.717) is 5.56 Å². The van der Waals surface area contributed by atoms with Crippen molar-refractivity contribution in [2.45, 2.75) is 6.54 Å². The zero-order valence-electron chi connectivity index (χ0n) is 11.4. The third kappa shape index (κ3) is 2.53. The van der Waals surface area contributed by atoms with Crippen molar-refractivity contribution in [3.8, 4) is 0 Å². The minimum Gasteiger partial charge on any atom is -0.295 e. The topological polar surface area (TPSA) is 44.0 Å². The molecule has 5 heteroatoms. The van der Waals surface area contributed by atoms with Gasteiger partial charge in [0.1, 0.15) is 0 Å². The summed E-state index contributed by atoms with van der Waals surface area (Å²) in [5, 5.41) is 0. The molecule has 1 aromatic heterocycles. The highest BCUT2D eigenvalue weighted by molar-refractivity contribution is 14.1. The van der Waals surface area contributed by atoms with Gasteiger partial charge in [0.15, 0.2) is 5.78 Å². The fraction of sp³-hybridized carbons (Fsp3) is 0.125. The fourth-order valence-corrected chi connectivity index (χ4v) is 2.75. The second-order valence-corrected chi connectivity index (χ2v) is 6.09. The Hall–Kier alpha value is -1.89. The van der Waals surface area contributed by atoms with Gasteiger partial charge in [-0.1, -0.05) is 24.3 Å². The van der Waals surface area contributed by atoms with Gasteiger partial charge in [0.25, 0.3) is 0 Å². The summed E-state index contributed by atoms with van der Waals surface area (Å²) >= 11 is 2.19. The molecule has 0 amide bonds. The molecule has 0 fully saturated rings. The van der Waals surface area contributed by atoms with Gasteiger partial charge in [-0.05, 0) is 46.9 Å². The normalized spacial score (nSPS) is 11.0. The van der Waals surface area contributed by atoms with Gasteiger partial charge in [-0.25, -0.2) is 4.79 Å². The van der Waals surface area contributed by atoms with Crippen LogP contribution in [-0.2, 0) is 13.6 Å². The molecule has 0 saturated carbocycles. The second kappa shape index (κ2) is 5.48. The van der Waals surface area contributed by atoms with Crippen LogP contribution >= 0.6 is 22.6 Å². The summed E-state index contributed by atoms with van der Waals surface area (Å²) in [6.45, 7) is 0.0563. The van der Waals surface area contributed by atoms with E-state index in [1.165, 1.54) is 4.57 Å². The summed E-state index contributed by atoms with van der Waals surface area (Å²) in [7, 11) is 1.72.